The van der Waals surface area contributed by atoms with Crippen molar-refractivity contribution in [2.75, 3.05) is 79.0 Å². The Bertz CT molecular complexity index is 1210. The molecule has 0 heterocycles. The number of hydrogen-bond acceptors (Lipinski definition) is 12. The van der Waals surface area contributed by atoms with E-state index in [1.54, 1.807) is 0 Å². The zero-order valence-electron chi connectivity index (χ0n) is 37.3. The van der Waals surface area contributed by atoms with Gasteiger partial charge in [-0.25, -0.2) is 4.79 Å². The molecule has 4 amide bonds. The lowest BCUT2D eigenvalue weighted by Gasteiger charge is -2.14. The molecule has 360 valence electrons. The van der Waals surface area contributed by atoms with Crippen LogP contribution in [0.2, 0.25) is 0 Å². The van der Waals surface area contributed by atoms with E-state index in [1.165, 1.54) is 38.5 Å². The van der Waals surface area contributed by atoms with Crippen LogP contribution in [-0.4, -0.2) is 148 Å². The predicted octanol–water partition coefficient (Wildman–Crippen LogP) is 3.31. The Morgan fingerprint density at radius 2 is 0.855 bits per heavy atom. The summed E-state index contributed by atoms with van der Waals surface area (Å²) in [4.78, 5) is 81.5. The molecule has 0 aromatic rings. The van der Waals surface area contributed by atoms with E-state index in [-0.39, 0.29) is 115 Å². The van der Waals surface area contributed by atoms with Crippen LogP contribution in [0.25, 0.3) is 0 Å². The number of hydrogen-bond donors (Lipinski definition) is 8. The normalized spacial score (nSPS) is 12.0. The fourth-order valence-corrected chi connectivity index (χ4v) is 6.23. The molecule has 8 N–H and O–H groups in total. The van der Waals surface area contributed by atoms with Crippen LogP contribution in [-0.2, 0) is 52.5 Å². The van der Waals surface area contributed by atoms with Gasteiger partial charge in [0.05, 0.1) is 39.6 Å². The SMILES string of the molecule is CCN[C@@H](CCCCNC(=O)COCCOCCNC(=O)COCCOCCNC(=O)CC[C@H](NC(=O)CCCCCCCCCCCCCCCCC(=O)O)C(=O)O)C(=O)O. The molecule has 0 rings (SSSR count). The Balaban J connectivity index is 3.66. The van der Waals surface area contributed by atoms with Gasteiger partial charge in [-0.05, 0) is 45.1 Å². The van der Waals surface area contributed by atoms with Crippen LogP contribution in [0.4, 0.5) is 0 Å². The maximum absolute atomic E-state index is 12.3. The monoisotopic (exact) mass is 890 g/mol. The number of likely N-dealkylation sites (N-methyl/N-ethyl adjacent to an activating group) is 1. The van der Waals surface area contributed by atoms with Gasteiger partial charge >= 0.3 is 17.9 Å². The second-order valence-corrected chi connectivity index (χ2v) is 15.2. The van der Waals surface area contributed by atoms with Crippen molar-refractivity contribution in [3.8, 4) is 0 Å². The Hall–Kier alpha value is -3.91. The molecule has 62 heavy (non-hydrogen) atoms. The van der Waals surface area contributed by atoms with E-state index < -0.39 is 30.0 Å². The number of amides is 4. The van der Waals surface area contributed by atoms with Crippen LogP contribution in [0.1, 0.15) is 142 Å². The number of carboxylic acids is 3. The van der Waals surface area contributed by atoms with E-state index >= 15 is 0 Å². The van der Waals surface area contributed by atoms with Crippen molar-refractivity contribution >= 4 is 41.5 Å². The third-order valence-corrected chi connectivity index (χ3v) is 9.68. The highest BCUT2D eigenvalue weighted by atomic mass is 16.5. The highest BCUT2D eigenvalue weighted by Crippen LogP contribution is 2.14. The van der Waals surface area contributed by atoms with E-state index in [9.17, 15) is 38.7 Å². The predicted molar refractivity (Wildman–Crippen MR) is 232 cm³/mol. The molecular weight excluding hydrogens is 810 g/mol. The second-order valence-electron chi connectivity index (χ2n) is 15.2. The average Bonchev–Trinajstić information content (AvgIpc) is 3.23. The summed E-state index contributed by atoms with van der Waals surface area (Å²) in [5, 5.41) is 40.7. The van der Waals surface area contributed by atoms with Gasteiger partial charge in [-0.1, -0.05) is 84.0 Å². The first kappa shape index (κ1) is 58.1. The zero-order valence-corrected chi connectivity index (χ0v) is 37.3. The molecular formula is C43H79N5O14. The smallest absolute Gasteiger partial charge is 0.326 e. The van der Waals surface area contributed by atoms with Gasteiger partial charge in [0, 0.05) is 38.9 Å². The van der Waals surface area contributed by atoms with E-state index in [2.05, 4.69) is 26.6 Å². The first-order valence-corrected chi connectivity index (χ1v) is 22.8. The van der Waals surface area contributed by atoms with E-state index in [0.29, 0.717) is 38.8 Å². The zero-order chi connectivity index (χ0) is 45.9. The van der Waals surface area contributed by atoms with Crippen LogP contribution in [0.5, 0.6) is 0 Å². The lowest BCUT2D eigenvalue weighted by Crippen LogP contribution is -2.41. The minimum absolute atomic E-state index is 0.0305. The Morgan fingerprint density at radius 3 is 1.32 bits per heavy atom. The summed E-state index contributed by atoms with van der Waals surface area (Å²) in [6.45, 7) is 4.29. The molecule has 0 saturated heterocycles. The maximum atomic E-state index is 12.3. The summed E-state index contributed by atoms with van der Waals surface area (Å²) in [6, 6.07) is -1.73. The number of nitrogens with one attached hydrogen (secondary N) is 5. The largest absolute Gasteiger partial charge is 0.481 e. The molecule has 19 heteroatoms. The summed E-state index contributed by atoms with van der Waals surface area (Å²) in [7, 11) is 0. The van der Waals surface area contributed by atoms with Crippen LogP contribution < -0.4 is 26.6 Å². The summed E-state index contributed by atoms with van der Waals surface area (Å²) < 4.78 is 21.3. The molecule has 2 atom stereocenters. The van der Waals surface area contributed by atoms with Crippen molar-refractivity contribution in [2.24, 2.45) is 0 Å². The van der Waals surface area contributed by atoms with Crippen LogP contribution in [0.3, 0.4) is 0 Å². The van der Waals surface area contributed by atoms with Gasteiger partial charge in [0.15, 0.2) is 0 Å². The molecule has 0 aromatic heterocycles. The lowest BCUT2D eigenvalue weighted by atomic mass is 10.0. The molecule has 19 nitrogen and oxygen atoms in total. The van der Waals surface area contributed by atoms with Crippen molar-refractivity contribution in [1.29, 1.82) is 0 Å². The third-order valence-electron chi connectivity index (χ3n) is 9.68. The number of aliphatic carboxylic acids is 3. The van der Waals surface area contributed by atoms with Crippen LogP contribution in [0, 0.1) is 0 Å². The van der Waals surface area contributed by atoms with Gasteiger partial charge in [-0.3, -0.25) is 28.8 Å². The van der Waals surface area contributed by atoms with Gasteiger partial charge < -0.3 is 60.9 Å². The quantitative estimate of drug-likeness (QED) is 0.0407. The first-order chi connectivity index (χ1) is 30.0. The molecule has 0 bridgehead atoms. The number of carboxylic acid groups (broad SMARTS) is 3. The van der Waals surface area contributed by atoms with E-state index in [4.69, 9.17) is 29.2 Å². The molecule has 0 fully saturated rings. The van der Waals surface area contributed by atoms with Gasteiger partial charge in [-0.15, -0.1) is 0 Å². The van der Waals surface area contributed by atoms with Gasteiger partial charge in [0.25, 0.3) is 0 Å². The Morgan fingerprint density at radius 1 is 0.419 bits per heavy atom. The topological polar surface area (TPSA) is 277 Å². The summed E-state index contributed by atoms with van der Waals surface area (Å²) in [6.07, 6.45) is 17.3. The summed E-state index contributed by atoms with van der Waals surface area (Å²) in [5.74, 6) is -4.07. The average molecular weight is 890 g/mol. The lowest BCUT2D eigenvalue weighted by molar-refractivity contribution is -0.142. The van der Waals surface area contributed by atoms with Crippen molar-refractivity contribution in [3.05, 3.63) is 0 Å². The summed E-state index contributed by atoms with van der Waals surface area (Å²) in [5.41, 5.74) is 0. The number of rotatable bonds is 46. The van der Waals surface area contributed by atoms with Crippen molar-refractivity contribution in [1.82, 2.24) is 26.6 Å². The number of carbonyl (C=O) groups is 7. The highest BCUT2D eigenvalue weighted by molar-refractivity contribution is 5.84. The molecule has 0 aliphatic carbocycles. The molecule has 0 aromatic carbocycles. The Kier molecular flexibility index (Phi) is 39.7. The molecule has 0 radical (unpaired) electrons. The maximum Gasteiger partial charge on any atom is 0.326 e. The van der Waals surface area contributed by atoms with Crippen LogP contribution in [0.15, 0.2) is 0 Å². The fourth-order valence-electron chi connectivity index (χ4n) is 6.23. The second kappa shape index (κ2) is 42.4. The molecule has 0 unspecified atom stereocenters. The number of ether oxygens (including phenoxy) is 4. The third kappa shape index (κ3) is 40.2. The molecule has 0 aliphatic heterocycles. The van der Waals surface area contributed by atoms with Crippen molar-refractivity contribution in [2.45, 2.75) is 154 Å². The van der Waals surface area contributed by atoms with Crippen molar-refractivity contribution < 1.29 is 67.8 Å². The standard InChI is InChI=1S/C43H79N5O14/c1-2-44-35(42(55)56)19-17-18-24-45-39(51)33-61-31-30-60-28-26-47-40(52)34-62-32-29-59-27-25-46-37(49)23-22-36(43(57)58)48-38(50)20-15-13-11-9-7-5-3-4-6-8-10-12-14-16-21-41(53)54/h35-36,44H,2-34H2,1H3,(H,45,51)(H,46,49)(H,47,52)(H,48,50)(H,53,54)(H,55,56)(H,57,58)/t35-,36-/m0/s1. The fraction of sp³-hybridized carbons (Fsp3) is 0.837. The summed E-state index contributed by atoms with van der Waals surface area (Å²) >= 11 is 0. The van der Waals surface area contributed by atoms with E-state index in [1.807, 2.05) is 6.92 Å². The first-order valence-electron chi connectivity index (χ1n) is 22.8. The Labute approximate surface area is 368 Å². The highest BCUT2D eigenvalue weighted by Gasteiger charge is 2.21. The van der Waals surface area contributed by atoms with Crippen molar-refractivity contribution in [3.63, 3.8) is 0 Å². The van der Waals surface area contributed by atoms with Crippen LogP contribution >= 0.6 is 0 Å². The van der Waals surface area contributed by atoms with Gasteiger partial charge in [-0.2, -0.15) is 0 Å². The molecule has 0 saturated carbocycles. The van der Waals surface area contributed by atoms with Gasteiger partial charge in [0.1, 0.15) is 25.3 Å². The molecule has 0 aliphatic rings. The van der Waals surface area contributed by atoms with E-state index in [0.717, 1.165) is 44.9 Å². The number of unbranched alkanes of at least 4 members (excludes halogenated alkanes) is 14. The number of carbonyl (C=O) groups excluding carboxylic acids is 4. The minimum atomic E-state index is -1.19. The molecule has 0 spiro atoms. The minimum Gasteiger partial charge on any atom is -0.481 e. The van der Waals surface area contributed by atoms with Gasteiger partial charge in [0.2, 0.25) is 23.6 Å².